The molecule has 0 atom stereocenters. The van der Waals surface area contributed by atoms with E-state index in [4.69, 9.17) is 4.74 Å². The number of benzene rings is 1. The zero-order chi connectivity index (χ0) is 13.2. The van der Waals surface area contributed by atoms with E-state index in [-0.39, 0.29) is 5.97 Å². The van der Waals surface area contributed by atoms with Crippen LogP contribution >= 0.6 is 0 Å². The van der Waals surface area contributed by atoms with Crippen LogP contribution in [0.1, 0.15) is 45.1 Å². The van der Waals surface area contributed by atoms with Gasteiger partial charge in [0.2, 0.25) is 0 Å². The molecule has 0 spiro atoms. The van der Waals surface area contributed by atoms with Crippen LogP contribution in [-0.2, 0) is 9.53 Å². The molecule has 0 radical (unpaired) electrons. The van der Waals surface area contributed by atoms with Crippen molar-refractivity contribution >= 4 is 11.5 Å². The third kappa shape index (κ3) is 5.17. The molecule has 0 N–H and O–H groups in total. The van der Waals surface area contributed by atoms with E-state index in [1.54, 1.807) is 6.08 Å². The molecule has 0 aromatic heterocycles. The lowest BCUT2D eigenvalue weighted by Crippen LogP contribution is -2.01. The zero-order valence-electron chi connectivity index (χ0n) is 11.3. The van der Waals surface area contributed by atoms with E-state index in [0.717, 1.165) is 24.0 Å². The van der Waals surface area contributed by atoms with Crippen LogP contribution in [0.2, 0.25) is 0 Å². The average molecular weight is 246 g/mol. The summed E-state index contributed by atoms with van der Waals surface area (Å²) in [4.78, 5) is 11.6. The lowest BCUT2D eigenvalue weighted by molar-refractivity contribution is -0.137. The first-order valence-corrected chi connectivity index (χ1v) is 6.70. The molecule has 0 saturated carbocycles. The van der Waals surface area contributed by atoms with Crippen LogP contribution in [0.25, 0.3) is 5.57 Å². The molecule has 0 heterocycles. The molecule has 1 aromatic carbocycles. The summed E-state index contributed by atoms with van der Waals surface area (Å²) in [6, 6.07) is 10.0. The highest BCUT2D eigenvalue weighted by atomic mass is 16.5. The second-order valence-corrected chi connectivity index (χ2v) is 4.24. The second kappa shape index (κ2) is 8.51. The van der Waals surface area contributed by atoms with Gasteiger partial charge in [0.25, 0.3) is 0 Å². The number of unbranched alkanes of at least 4 members (excludes halogenated alkanes) is 2. The van der Waals surface area contributed by atoms with Crippen LogP contribution in [0.5, 0.6) is 0 Å². The molecular formula is C16H22O2. The van der Waals surface area contributed by atoms with Gasteiger partial charge in [-0.1, -0.05) is 50.1 Å². The first kappa shape index (κ1) is 14.5. The molecule has 1 rings (SSSR count). The van der Waals surface area contributed by atoms with Crippen molar-refractivity contribution in [2.45, 2.75) is 39.5 Å². The van der Waals surface area contributed by atoms with Crippen LogP contribution < -0.4 is 0 Å². The number of ether oxygens (including phenoxy) is 1. The molecule has 2 heteroatoms. The van der Waals surface area contributed by atoms with Crippen molar-refractivity contribution in [1.29, 1.82) is 0 Å². The molecule has 0 unspecified atom stereocenters. The van der Waals surface area contributed by atoms with E-state index in [1.165, 1.54) is 12.8 Å². The van der Waals surface area contributed by atoms with Crippen LogP contribution in [0.4, 0.5) is 0 Å². The molecule has 0 aliphatic rings. The highest BCUT2D eigenvalue weighted by Gasteiger charge is 2.05. The Morgan fingerprint density at radius 1 is 1.17 bits per heavy atom. The Balaban J connectivity index is 2.78. The number of carbonyl (C=O) groups excluding carboxylic acids is 1. The molecule has 0 aliphatic carbocycles. The number of carbonyl (C=O) groups is 1. The number of hydrogen-bond acceptors (Lipinski definition) is 2. The van der Waals surface area contributed by atoms with Crippen molar-refractivity contribution in [3.63, 3.8) is 0 Å². The predicted octanol–water partition coefficient (Wildman–Crippen LogP) is 4.21. The molecule has 18 heavy (non-hydrogen) atoms. The molecule has 0 bridgehead atoms. The Hall–Kier alpha value is -1.57. The van der Waals surface area contributed by atoms with Gasteiger partial charge in [0.1, 0.15) is 0 Å². The summed E-state index contributed by atoms with van der Waals surface area (Å²) < 4.78 is 4.98. The maximum Gasteiger partial charge on any atom is 0.331 e. The second-order valence-electron chi connectivity index (χ2n) is 4.24. The van der Waals surface area contributed by atoms with Gasteiger partial charge in [-0.25, -0.2) is 4.79 Å². The molecule has 0 amide bonds. The van der Waals surface area contributed by atoms with Crippen LogP contribution in [-0.4, -0.2) is 12.6 Å². The summed E-state index contributed by atoms with van der Waals surface area (Å²) in [6.07, 6.45) is 6.04. The molecule has 1 aromatic rings. The average Bonchev–Trinajstić information content (AvgIpc) is 2.39. The van der Waals surface area contributed by atoms with Crippen LogP contribution in [0.15, 0.2) is 36.4 Å². The number of allylic oxidation sites excluding steroid dienone is 1. The topological polar surface area (TPSA) is 26.3 Å². The molecule has 98 valence electrons. The standard InChI is InChI=1S/C16H22O2/c1-3-5-7-12-15(13-16(17)18-4-2)14-10-8-6-9-11-14/h6,8-11,13H,3-5,7,12H2,1-2H3/b15-13-. The molecule has 0 saturated heterocycles. The van der Waals surface area contributed by atoms with Gasteiger partial charge >= 0.3 is 5.97 Å². The van der Waals surface area contributed by atoms with Crippen LogP contribution in [0, 0.1) is 0 Å². The smallest absolute Gasteiger partial charge is 0.331 e. The molecule has 0 aliphatic heterocycles. The van der Waals surface area contributed by atoms with E-state index in [9.17, 15) is 4.79 Å². The minimum atomic E-state index is -0.243. The largest absolute Gasteiger partial charge is 0.463 e. The van der Waals surface area contributed by atoms with Gasteiger partial charge in [-0.2, -0.15) is 0 Å². The Bertz CT molecular complexity index is 379. The summed E-state index contributed by atoms with van der Waals surface area (Å²) >= 11 is 0. The maximum absolute atomic E-state index is 11.6. The van der Waals surface area contributed by atoms with Crippen molar-refractivity contribution in [2.75, 3.05) is 6.61 Å². The lowest BCUT2D eigenvalue weighted by atomic mass is 9.99. The van der Waals surface area contributed by atoms with Gasteiger partial charge in [0, 0.05) is 6.08 Å². The zero-order valence-corrected chi connectivity index (χ0v) is 11.3. The van der Waals surface area contributed by atoms with E-state index in [2.05, 4.69) is 6.92 Å². The number of esters is 1. The molecular weight excluding hydrogens is 224 g/mol. The fourth-order valence-electron chi connectivity index (χ4n) is 1.84. The Morgan fingerprint density at radius 3 is 2.50 bits per heavy atom. The monoisotopic (exact) mass is 246 g/mol. The van der Waals surface area contributed by atoms with Crippen molar-refractivity contribution < 1.29 is 9.53 Å². The minimum absolute atomic E-state index is 0.243. The lowest BCUT2D eigenvalue weighted by Gasteiger charge is -2.07. The van der Waals surface area contributed by atoms with E-state index in [0.29, 0.717) is 6.61 Å². The predicted molar refractivity (Wildman–Crippen MR) is 75.2 cm³/mol. The van der Waals surface area contributed by atoms with Gasteiger partial charge in [0.05, 0.1) is 6.61 Å². The first-order chi connectivity index (χ1) is 8.77. The highest BCUT2D eigenvalue weighted by molar-refractivity contribution is 5.91. The summed E-state index contributed by atoms with van der Waals surface area (Å²) in [6.45, 7) is 4.43. The van der Waals surface area contributed by atoms with Crippen molar-refractivity contribution in [3.8, 4) is 0 Å². The minimum Gasteiger partial charge on any atom is -0.463 e. The normalized spacial score (nSPS) is 11.3. The maximum atomic E-state index is 11.6. The van der Waals surface area contributed by atoms with Gasteiger partial charge < -0.3 is 4.74 Å². The summed E-state index contributed by atoms with van der Waals surface area (Å²) in [5.41, 5.74) is 2.18. The Morgan fingerprint density at radius 2 is 1.89 bits per heavy atom. The Labute approximate surface area is 110 Å². The van der Waals surface area contributed by atoms with Gasteiger partial charge in [-0.05, 0) is 30.9 Å². The first-order valence-electron chi connectivity index (χ1n) is 6.70. The quantitative estimate of drug-likeness (QED) is 0.409. The van der Waals surface area contributed by atoms with Crippen molar-refractivity contribution in [1.82, 2.24) is 0 Å². The fraction of sp³-hybridized carbons (Fsp3) is 0.438. The van der Waals surface area contributed by atoms with Crippen molar-refractivity contribution in [3.05, 3.63) is 42.0 Å². The van der Waals surface area contributed by atoms with E-state index < -0.39 is 0 Å². The summed E-state index contributed by atoms with van der Waals surface area (Å²) in [5.74, 6) is -0.243. The SMILES string of the molecule is CCCCC/C(=C/C(=O)OCC)c1ccccc1. The van der Waals surface area contributed by atoms with Gasteiger partial charge in [-0.15, -0.1) is 0 Å². The van der Waals surface area contributed by atoms with E-state index in [1.807, 2.05) is 37.3 Å². The van der Waals surface area contributed by atoms with Crippen molar-refractivity contribution in [2.24, 2.45) is 0 Å². The van der Waals surface area contributed by atoms with Gasteiger partial charge in [0.15, 0.2) is 0 Å². The Kier molecular flexibility index (Phi) is 6.85. The van der Waals surface area contributed by atoms with Gasteiger partial charge in [-0.3, -0.25) is 0 Å². The third-order valence-corrected chi connectivity index (χ3v) is 2.77. The number of rotatable bonds is 7. The summed E-state index contributed by atoms with van der Waals surface area (Å²) in [5, 5.41) is 0. The molecule has 2 nitrogen and oxygen atoms in total. The van der Waals surface area contributed by atoms with Crippen LogP contribution in [0.3, 0.4) is 0 Å². The molecule has 0 fully saturated rings. The van der Waals surface area contributed by atoms with E-state index >= 15 is 0 Å². The third-order valence-electron chi connectivity index (χ3n) is 2.77. The summed E-state index contributed by atoms with van der Waals surface area (Å²) in [7, 11) is 0. The highest BCUT2D eigenvalue weighted by Crippen LogP contribution is 2.21. The fourth-order valence-corrected chi connectivity index (χ4v) is 1.84. The number of hydrogen-bond donors (Lipinski definition) is 0.